The van der Waals surface area contributed by atoms with Gasteiger partial charge in [0.15, 0.2) is 0 Å². The molecular weight excluding hydrogens is 351 g/mol. The second-order valence-corrected chi connectivity index (χ2v) is 7.55. The molecule has 0 heterocycles. The fourth-order valence-corrected chi connectivity index (χ4v) is 4.88. The summed E-state index contributed by atoms with van der Waals surface area (Å²) in [6, 6.07) is 21.2. The van der Waals surface area contributed by atoms with E-state index in [0.29, 0.717) is 6.10 Å². The van der Waals surface area contributed by atoms with E-state index < -0.39 is 9.04 Å². The lowest BCUT2D eigenvalue weighted by atomic mass is 10.4. The van der Waals surface area contributed by atoms with Gasteiger partial charge in [-0.1, -0.05) is 83.3 Å². The Kier molecular flexibility index (Phi) is 5.40. The zero-order chi connectivity index (χ0) is 12.8. The van der Waals surface area contributed by atoms with E-state index in [1.54, 1.807) is 0 Å². The van der Waals surface area contributed by atoms with Crippen LogP contribution in [0.15, 0.2) is 60.7 Å². The van der Waals surface area contributed by atoms with Crippen LogP contribution in [0.1, 0.15) is 6.92 Å². The molecule has 0 saturated carbocycles. The number of alkyl halides is 1. The van der Waals surface area contributed by atoms with Crippen molar-refractivity contribution in [2.75, 3.05) is 4.43 Å². The molecule has 0 N–H and O–H groups in total. The van der Waals surface area contributed by atoms with Crippen molar-refractivity contribution in [2.24, 2.45) is 0 Å². The molecule has 2 aromatic rings. The summed E-state index contributed by atoms with van der Waals surface area (Å²) in [6.07, 6.45) is 0.308. The summed E-state index contributed by atoms with van der Waals surface area (Å²) in [5.41, 5.74) is 0. The molecular formula is C15H17IOSi. The highest BCUT2D eigenvalue weighted by Crippen LogP contribution is 2.01. The van der Waals surface area contributed by atoms with Crippen LogP contribution in [0.4, 0.5) is 0 Å². The Labute approximate surface area is 124 Å². The van der Waals surface area contributed by atoms with Gasteiger partial charge in [-0.3, -0.25) is 0 Å². The molecule has 2 aromatic carbocycles. The third kappa shape index (κ3) is 3.67. The Morgan fingerprint density at radius 3 is 1.78 bits per heavy atom. The molecule has 2 rings (SSSR count). The summed E-state index contributed by atoms with van der Waals surface area (Å²) in [6.45, 7) is 2.15. The summed E-state index contributed by atoms with van der Waals surface area (Å²) in [5.74, 6) is 0. The van der Waals surface area contributed by atoms with Gasteiger partial charge >= 0.3 is 0 Å². The summed E-state index contributed by atoms with van der Waals surface area (Å²) in [7, 11) is -1.53. The molecule has 0 aliphatic heterocycles. The normalized spacial score (nSPS) is 12.6. The molecule has 0 aliphatic rings. The molecule has 0 radical (unpaired) electrons. The molecule has 1 atom stereocenters. The van der Waals surface area contributed by atoms with Gasteiger partial charge in [-0.25, -0.2) is 0 Å². The van der Waals surface area contributed by atoms with Gasteiger partial charge in [-0.15, -0.1) is 0 Å². The zero-order valence-electron chi connectivity index (χ0n) is 10.4. The molecule has 18 heavy (non-hydrogen) atoms. The lowest BCUT2D eigenvalue weighted by Gasteiger charge is -2.21. The quantitative estimate of drug-likeness (QED) is 0.447. The van der Waals surface area contributed by atoms with Gasteiger partial charge in [0, 0.05) is 4.43 Å². The van der Waals surface area contributed by atoms with Gasteiger partial charge < -0.3 is 4.43 Å². The average Bonchev–Trinajstić information content (AvgIpc) is 2.46. The van der Waals surface area contributed by atoms with Gasteiger partial charge in [-0.05, 0) is 17.3 Å². The van der Waals surface area contributed by atoms with E-state index >= 15 is 0 Å². The maximum Gasteiger partial charge on any atom is 0.240 e. The van der Waals surface area contributed by atoms with E-state index in [2.05, 4.69) is 90.2 Å². The first kappa shape index (κ1) is 13.8. The molecule has 0 fully saturated rings. The SMILES string of the molecule is CC(CI)O[SiH](c1ccccc1)c1ccccc1. The highest BCUT2D eigenvalue weighted by atomic mass is 127. The lowest BCUT2D eigenvalue weighted by Crippen LogP contribution is -2.47. The summed E-state index contributed by atoms with van der Waals surface area (Å²) < 4.78 is 7.33. The summed E-state index contributed by atoms with van der Waals surface area (Å²) >= 11 is 2.38. The van der Waals surface area contributed by atoms with Gasteiger partial charge in [-0.2, -0.15) is 0 Å². The largest absolute Gasteiger partial charge is 0.408 e. The first-order valence-electron chi connectivity index (χ1n) is 6.12. The highest BCUT2D eigenvalue weighted by molar-refractivity contribution is 14.1. The first-order valence-corrected chi connectivity index (χ1v) is 9.27. The van der Waals surface area contributed by atoms with Crippen LogP contribution < -0.4 is 10.4 Å². The summed E-state index contributed by atoms with van der Waals surface area (Å²) in [5, 5.41) is 2.70. The van der Waals surface area contributed by atoms with Crippen molar-refractivity contribution in [3.63, 3.8) is 0 Å². The van der Waals surface area contributed by atoms with E-state index in [1.165, 1.54) is 10.4 Å². The van der Waals surface area contributed by atoms with E-state index in [9.17, 15) is 0 Å². The van der Waals surface area contributed by atoms with Crippen LogP contribution in [0.5, 0.6) is 0 Å². The first-order chi connectivity index (χ1) is 8.81. The lowest BCUT2D eigenvalue weighted by molar-refractivity contribution is 0.261. The standard InChI is InChI=1S/C15H17IOSi/c1-13(12-16)17-18(14-8-4-2-5-9-14)15-10-6-3-7-11-15/h2-11,13,18H,12H2,1H3. The Balaban J connectivity index is 2.29. The fourth-order valence-electron chi connectivity index (χ4n) is 1.87. The molecule has 0 bridgehead atoms. The van der Waals surface area contributed by atoms with Gasteiger partial charge in [0.25, 0.3) is 0 Å². The topological polar surface area (TPSA) is 9.23 Å². The van der Waals surface area contributed by atoms with Crippen molar-refractivity contribution in [3.05, 3.63) is 60.7 Å². The van der Waals surface area contributed by atoms with Crippen molar-refractivity contribution in [1.29, 1.82) is 0 Å². The Morgan fingerprint density at radius 2 is 1.39 bits per heavy atom. The van der Waals surface area contributed by atoms with Gasteiger partial charge in [0.05, 0.1) is 6.10 Å². The molecule has 0 aliphatic carbocycles. The minimum absolute atomic E-state index is 0.308. The molecule has 1 unspecified atom stereocenters. The van der Waals surface area contributed by atoms with Gasteiger partial charge in [0.1, 0.15) is 0 Å². The Bertz CT molecular complexity index is 421. The predicted molar refractivity (Wildman–Crippen MR) is 88.7 cm³/mol. The van der Waals surface area contributed by atoms with Crippen LogP contribution in [-0.4, -0.2) is 19.6 Å². The van der Waals surface area contributed by atoms with Crippen molar-refractivity contribution in [3.8, 4) is 0 Å². The average molecular weight is 368 g/mol. The van der Waals surface area contributed by atoms with Gasteiger partial charge in [0.2, 0.25) is 9.04 Å². The molecule has 1 nitrogen and oxygen atoms in total. The highest BCUT2D eigenvalue weighted by Gasteiger charge is 2.19. The molecule has 0 saturated heterocycles. The number of rotatable bonds is 5. The molecule has 3 heteroatoms. The van der Waals surface area contributed by atoms with Crippen molar-refractivity contribution < 1.29 is 4.43 Å². The van der Waals surface area contributed by atoms with Crippen molar-refractivity contribution >= 4 is 42.0 Å². The smallest absolute Gasteiger partial charge is 0.240 e. The molecule has 0 amide bonds. The zero-order valence-corrected chi connectivity index (χ0v) is 13.7. The van der Waals surface area contributed by atoms with Crippen LogP contribution in [-0.2, 0) is 4.43 Å². The van der Waals surface area contributed by atoms with Crippen LogP contribution in [0.3, 0.4) is 0 Å². The molecule has 0 spiro atoms. The summed E-state index contributed by atoms with van der Waals surface area (Å²) in [4.78, 5) is 0. The molecule has 0 aromatic heterocycles. The second-order valence-electron chi connectivity index (χ2n) is 4.30. The van der Waals surface area contributed by atoms with Crippen LogP contribution >= 0.6 is 22.6 Å². The van der Waals surface area contributed by atoms with E-state index in [-0.39, 0.29) is 0 Å². The maximum atomic E-state index is 6.30. The van der Waals surface area contributed by atoms with Crippen LogP contribution in [0.2, 0.25) is 0 Å². The van der Waals surface area contributed by atoms with Crippen LogP contribution in [0.25, 0.3) is 0 Å². The minimum atomic E-state index is -1.53. The maximum absolute atomic E-state index is 6.30. The van der Waals surface area contributed by atoms with Crippen LogP contribution in [0, 0.1) is 0 Å². The number of benzene rings is 2. The third-order valence-electron chi connectivity index (χ3n) is 2.79. The molecule has 94 valence electrons. The monoisotopic (exact) mass is 368 g/mol. The van der Waals surface area contributed by atoms with E-state index in [4.69, 9.17) is 4.43 Å². The second kappa shape index (κ2) is 7.06. The van der Waals surface area contributed by atoms with E-state index in [0.717, 1.165) is 4.43 Å². The Hall–Kier alpha value is -0.653. The van der Waals surface area contributed by atoms with Crippen molar-refractivity contribution in [2.45, 2.75) is 13.0 Å². The van der Waals surface area contributed by atoms with E-state index in [1.807, 2.05) is 0 Å². The van der Waals surface area contributed by atoms with Crippen molar-refractivity contribution in [1.82, 2.24) is 0 Å². The fraction of sp³-hybridized carbons (Fsp3) is 0.200. The number of hydrogen-bond acceptors (Lipinski definition) is 1. The number of halogens is 1. The minimum Gasteiger partial charge on any atom is -0.408 e. The predicted octanol–water partition coefficient (Wildman–Crippen LogP) is 2.36. The number of hydrogen-bond donors (Lipinski definition) is 0. The Morgan fingerprint density at radius 1 is 0.944 bits per heavy atom. The third-order valence-corrected chi connectivity index (χ3v) is 6.75.